The first-order chi connectivity index (χ1) is 13.4. The molecule has 8 heteroatoms. The molecule has 0 aliphatic heterocycles. The van der Waals surface area contributed by atoms with Gasteiger partial charge in [0.05, 0.1) is 12.5 Å². The summed E-state index contributed by atoms with van der Waals surface area (Å²) in [6.45, 7) is 2.06. The number of rotatable bonds is 13. The molecule has 2 atom stereocenters. The number of unbranched alkanes of at least 4 members (excludes halogenated alkanes) is 3. The Labute approximate surface area is 165 Å². The fourth-order valence-electron chi connectivity index (χ4n) is 2.58. The maximum absolute atomic E-state index is 12.0. The standard InChI is InChI=1S/C20H31N3O5/c1-2-3-4-8-11-17(19(21)26)23-18(25)12-16(24)13-22-20(27)28-14-15-9-6-5-7-10-15/h5-7,9-10,16-17,24H,2-4,8,11-14H2,1H3,(H2,21,26)(H,22,27)(H,23,25)/t16-,17+/m1/s1. The number of carbonyl (C=O) groups is 3. The number of nitrogens with two attached hydrogens (primary N) is 1. The number of alkyl carbamates (subject to hydrolysis) is 1. The lowest BCUT2D eigenvalue weighted by Crippen LogP contribution is -2.46. The van der Waals surface area contributed by atoms with Gasteiger partial charge in [0, 0.05) is 6.54 Å². The monoisotopic (exact) mass is 393 g/mol. The van der Waals surface area contributed by atoms with Gasteiger partial charge in [-0.15, -0.1) is 0 Å². The first-order valence-corrected chi connectivity index (χ1v) is 9.63. The maximum Gasteiger partial charge on any atom is 0.407 e. The zero-order chi connectivity index (χ0) is 20.8. The molecule has 0 saturated heterocycles. The number of benzene rings is 1. The summed E-state index contributed by atoms with van der Waals surface area (Å²) in [5, 5.41) is 14.8. The number of hydrogen-bond donors (Lipinski definition) is 4. The fourth-order valence-corrected chi connectivity index (χ4v) is 2.58. The van der Waals surface area contributed by atoms with Crippen LogP contribution in [0.1, 0.15) is 51.0 Å². The second-order valence-corrected chi connectivity index (χ2v) is 6.67. The number of aliphatic hydroxyl groups is 1. The molecule has 0 radical (unpaired) electrons. The summed E-state index contributed by atoms with van der Waals surface area (Å²) >= 11 is 0. The van der Waals surface area contributed by atoms with Crippen molar-refractivity contribution in [3.63, 3.8) is 0 Å². The molecule has 1 rings (SSSR count). The quantitative estimate of drug-likeness (QED) is 0.378. The number of primary amides is 1. The van der Waals surface area contributed by atoms with Crippen molar-refractivity contribution in [1.29, 1.82) is 0 Å². The average Bonchev–Trinajstić information content (AvgIpc) is 2.67. The Kier molecular flexibility index (Phi) is 11.3. The number of amides is 3. The Hall–Kier alpha value is -2.61. The van der Waals surface area contributed by atoms with Crippen molar-refractivity contribution in [2.75, 3.05) is 6.54 Å². The molecule has 1 aromatic rings. The van der Waals surface area contributed by atoms with Gasteiger partial charge in [0.15, 0.2) is 0 Å². The molecule has 28 heavy (non-hydrogen) atoms. The van der Waals surface area contributed by atoms with E-state index in [0.29, 0.717) is 6.42 Å². The zero-order valence-electron chi connectivity index (χ0n) is 16.4. The van der Waals surface area contributed by atoms with Gasteiger partial charge in [-0.1, -0.05) is 62.9 Å². The number of hydrogen-bond acceptors (Lipinski definition) is 5. The third-order valence-electron chi connectivity index (χ3n) is 4.14. The molecule has 0 bridgehead atoms. The van der Waals surface area contributed by atoms with Crippen molar-refractivity contribution >= 4 is 17.9 Å². The van der Waals surface area contributed by atoms with Crippen LogP contribution >= 0.6 is 0 Å². The minimum absolute atomic E-state index is 0.113. The van der Waals surface area contributed by atoms with Gasteiger partial charge in [0.25, 0.3) is 0 Å². The zero-order valence-corrected chi connectivity index (χ0v) is 16.4. The van der Waals surface area contributed by atoms with Crippen molar-refractivity contribution in [3.8, 4) is 0 Å². The maximum atomic E-state index is 12.0. The second kappa shape index (κ2) is 13.5. The summed E-state index contributed by atoms with van der Waals surface area (Å²) in [6.07, 6.45) is 2.32. The smallest absolute Gasteiger partial charge is 0.407 e. The number of carbonyl (C=O) groups excluding carboxylic acids is 3. The molecule has 156 valence electrons. The second-order valence-electron chi connectivity index (χ2n) is 6.67. The topological polar surface area (TPSA) is 131 Å². The first-order valence-electron chi connectivity index (χ1n) is 9.63. The van der Waals surface area contributed by atoms with Crippen LogP contribution in [-0.2, 0) is 20.9 Å². The molecule has 8 nitrogen and oxygen atoms in total. The van der Waals surface area contributed by atoms with E-state index in [-0.39, 0.29) is 19.6 Å². The Morgan fingerprint density at radius 3 is 2.50 bits per heavy atom. The van der Waals surface area contributed by atoms with E-state index in [1.54, 1.807) is 0 Å². The number of aliphatic hydroxyl groups excluding tert-OH is 1. The Balaban J connectivity index is 2.26. The molecule has 0 aromatic heterocycles. The molecule has 0 saturated carbocycles. The van der Waals surface area contributed by atoms with Crippen LogP contribution in [0.4, 0.5) is 4.79 Å². The van der Waals surface area contributed by atoms with E-state index in [2.05, 4.69) is 17.6 Å². The predicted molar refractivity (Wildman–Crippen MR) is 105 cm³/mol. The fraction of sp³-hybridized carbons (Fsp3) is 0.550. The molecule has 0 aliphatic carbocycles. The normalized spacial score (nSPS) is 12.6. The van der Waals surface area contributed by atoms with Crippen LogP contribution < -0.4 is 16.4 Å². The highest BCUT2D eigenvalue weighted by Gasteiger charge is 2.20. The third kappa shape index (κ3) is 10.5. The summed E-state index contributed by atoms with van der Waals surface area (Å²) < 4.78 is 5.02. The van der Waals surface area contributed by atoms with E-state index in [0.717, 1.165) is 31.2 Å². The lowest BCUT2D eigenvalue weighted by atomic mass is 10.1. The summed E-state index contributed by atoms with van der Waals surface area (Å²) in [6, 6.07) is 8.43. The van der Waals surface area contributed by atoms with Crippen LogP contribution in [0.2, 0.25) is 0 Å². The van der Waals surface area contributed by atoms with Gasteiger partial charge in [0.2, 0.25) is 11.8 Å². The van der Waals surface area contributed by atoms with Gasteiger partial charge in [-0.3, -0.25) is 9.59 Å². The molecule has 0 heterocycles. The van der Waals surface area contributed by atoms with Crippen LogP contribution in [0.3, 0.4) is 0 Å². The highest BCUT2D eigenvalue weighted by molar-refractivity contribution is 5.86. The molecule has 0 fully saturated rings. The molecule has 5 N–H and O–H groups in total. The van der Waals surface area contributed by atoms with E-state index in [1.165, 1.54) is 0 Å². The molecule has 0 unspecified atom stereocenters. The SMILES string of the molecule is CCCCCC[C@H](NC(=O)C[C@@H](O)CNC(=O)OCc1ccccc1)C(N)=O. The Bertz CT molecular complexity index is 609. The summed E-state index contributed by atoms with van der Waals surface area (Å²) in [7, 11) is 0. The summed E-state index contributed by atoms with van der Waals surface area (Å²) in [5.74, 6) is -1.09. The van der Waals surface area contributed by atoms with E-state index >= 15 is 0 Å². The average molecular weight is 393 g/mol. The molecule has 0 spiro atoms. The van der Waals surface area contributed by atoms with Crippen LogP contribution in [0, 0.1) is 0 Å². The van der Waals surface area contributed by atoms with Crippen molar-refractivity contribution in [2.45, 2.75) is 64.2 Å². The third-order valence-corrected chi connectivity index (χ3v) is 4.14. The Morgan fingerprint density at radius 2 is 1.86 bits per heavy atom. The van der Waals surface area contributed by atoms with E-state index in [9.17, 15) is 19.5 Å². The Morgan fingerprint density at radius 1 is 1.14 bits per heavy atom. The van der Waals surface area contributed by atoms with Gasteiger partial charge in [-0.25, -0.2) is 4.79 Å². The molecular formula is C20H31N3O5. The highest BCUT2D eigenvalue weighted by atomic mass is 16.5. The molecular weight excluding hydrogens is 362 g/mol. The largest absolute Gasteiger partial charge is 0.445 e. The summed E-state index contributed by atoms with van der Waals surface area (Å²) in [4.78, 5) is 35.1. The van der Waals surface area contributed by atoms with Gasteiger partial charge in [-0.05, 0) is 12.0 Å². The van der Waals surface area contributed by atoms with Crippen molar-refractivity contribution in [2.24, 2.45) is 5.73 Å². The van der Waals surface area contributed by atoms with Crippen molar-refractivity contribution < 1.29 is 24.2 Å². The first kappa shape index (κ1) is 23.4. The lowest BCUT2D eigenvalue weighted by molar-refractivity contribution is -0.128. The highest BCUT2D eigenvalue weighted by Crippen LogP contribution is 2.06. The lowest BCUT2D eigenvalue weighted by Gasteiger charge is -2.17. The summed E-state index contributed by atoms with van der Waals surface area (Å²) in [5.41, 5.74) is 6.16. The minimum atomic E-state index is -1.10. The van der Waals surface area contributed by atoms with E-state index in [4.69, 9.17) is 10.5 Å². The molecule has 3 amide bonds. The van der Waals surface area contributed by atoms with Crippen LogP contribution in [0.5, 0.6) is 0 Å². The predicted octanol–water partition coefficient (Wildman–Crippen LogP) is 1.60. The van der Waals surface area contributed by atoms with Crippen LogP contribution in [-0.4, -0.2) is 41.7 Å². The van der Waals surface area contributed by atoms with Crippen molar-refractivity contribution in [3.05, 3.63) is 35.9 Å². The van der Waals surface area contributed by atoms with Crippen LogP contribution in [0.15, 0.2) is 30.3 Å². The number of ether oxygens (including phenoxy) is 1. The van der Waals surface area contributed by atoms with E-state index < -0.39 is 30.1 Å². The van der Waals surface area contributed by atoms with Gasteiger partial charge in [-0.2, -0.15) is 0 Å². The van der Waals surface area contributed by atoms with Gasteiger partial charge >= 0.3 is 6.09 Å². The van der Waals surface area contributed by atoms with Gasteiger partial charge in [0.1, 0.15) is 12.6 Å². The van der Waals surface area contributed by atoms with E-state index in [1.807, 2.05) is 30.3 Å². The molecule has 1 aromatic carbocycles. The molecule has 0 aliphatic rings. The minimum Gasteiger partial charge on any atom is -0.445 e. The number of nitrogens with one attached hydrogen (secondary N) is 2. The van der Waals surface area contributed by atoms with Gasteiger partial charge < -0.3 is 26.2 Å². The van der Waals surface area contributed by atoms with Crippen molar-refractivity contribution in [1.82, 2.24) is 10.6 Å². The van der Waals surface area contributed by atoms with Crippen LogP contribution in [0.25, 0.3) is 0 Å².